The quantitative estimate of drug-likeness (QED) is 0.875. The van der Waals surface area contributed by atoms with Crippen molar-refractivity contribution < 1.29 is 4.39 Å². The van der Waals surface area contributed by atoms with Crippen LogP contribution in [0.1, 0.15) is 11.1 Å². The van der Waals surface area contributed by atoms with Crippen LogP contribution in [0.3, 0.4) is 0 Å². The highest BCUT2D eigenvalue weighted by atomic mass is 35.5. The monoisotopic (exact) mass is 277 g/mol. The Morgan fingerprint density at radius 2 is 1.84 bits per heavy atom. The topological polar surface area (TPSA) is 12.0 Å². The molecule has 0 radical (unpaired) electrons. The molecule has 1 nitrogen and oxygen atoms in total. The zero-order valence-corrected chi connectivity index (χ0v) is 11.6. The van der Waals surface area contributed by atoms with Crippen LogP contribution in [0.5, 0.6) is 0 Å². The van der Waals surface area contributed by atoms with Gasteiger partial charge in [-0.25, -0.2) is 4.39 Å². The minimum absolute atomic E-state index is 0.207. The lowest BCUT2D eigenvalue weighted by atomic mass is 9.99. The molecule has 1 N–H and O–H groups in total. The van der Waals surface area contributed by atoms with Gasteiger partial charge in [0.2, 0.25) is 0 Å². The molecule has 0 aliphatic heterocycles. The molecular weight excluding hydrogens is 261 g/mol. The van der Waals surface area contributed by atoms with Gasteiger partial charge in [0.25, 0.3) is 0 Å². The molecule has 0 aliphatic rings. The summed E-state index contributed by atoms with van der Waals surface area (Å²) in [4.78, 5) is 0. The zero-order valence-electron chi connectivity index (χ0n) is 10.9. The lowest BCUT2D eigenvalue weighted by molar-refractivity contribution is 0.532. The fourth-order valence-electron chi connectivity index (χ4n) is 2.13. The van der Waals surface area contributed by atoms with Crippen LogP contribution in [-0.4, -0.2) is 13.1 Å². The number of rotatable bonds is 5. The van der Waals surface area contributed by atoms with Gasteiger partial charge < -0.3 is 5.32 Å². The smallest absolute Gasteiger partial charge is 0.127 e. The highest BCUT2D eigenvalue weighted by Gasteiger charge is 2.11. The Bertz CT molecular complexity index is 528. The van der Waals surface area contributed by atoms with E-state index in [0.29, 0.717) is 17.0 Å². The van der Waals surface area contributed by atoms with Gasteiger partial charge in [0.05, 0.1) is 0 Å². The maximum atomic E-state index is 13.8. The summed E-state index contributed by atoms with van der Waals surface area (Å²) in [6.07, 6.45) is 1.52. The van der Waals surface area contributed by atoms with Gasteiger partial charge in [-0.2, -0.15) is 0 Å². The highest BCUT2D eigenvalue weighted by Crippen LogP contribution is 2.17. The predicted molar refractivity (Wildman–Crippen MR) is 78.1 cm³/mol. The molecule has 0 aliphatic carbocycles. The standard InChI is InChI=1S/C16H17ClFN/c1-19-15(9-12-5-3-2-4-6-12)10-13-7-8-14(17)11-16(13)18/h2-8,11,15,19H,9-10H2,1H3. The van der Waals surface area contributed by atoms with E-state index >= 15 is 0 Å². The largest absolute Gasteiger partial charge is 0.316 e. The Kier molecular flexibility index (Phi) is 4.94. The van der Waals surface area contributed by atoms with Crippen molar-refractivity contribution in [3.8, 4) is 0 Å². The summed E-state index contributed by atoms with van der Waals surface area (Å²) < 4.78 is 13.8. The first-order valence-corrected chi connectivity index (χ1v) is 6.72. The second-order valence-corrected chi connectivity index (χ2v) is 5.05. The maximum absolute atomic E-state index is 13.8. The van der Waals surface area contributed by atoms with Crippen LogP contribution in [0.15, 0.2) is 48.5 Å². The van der Waals surface area contributed by atoms with Crippen LogP contribution < -0.4 is 5.32 Å². The number of likely N-dealkylation sites (N-methyl/N-ethyl adjacent to an activating group) is 1. The predicted octanol–water partition coefficient (Wildman–Crippen LogP) is 3.85. The van der Waals surface area contributed by atoms with E-state index in [1.165, 1.54) is 11.6 Å². The van der Waals surface area contributed by atoms with E-state index in [9.17, 15) is 4.39 Å². The summed E-state index contributed by atoms with van der Waals surface area (Å²) in [7, 11) is 1.90. The third-order valence-electron chi connectivity index (χ3n) is 3.21. The lowest BCUT2D eigenvalue weighted by Gasteiger charge is -2.17. The third-order valence-corrected chi connectivity index (χ3v) is 3.45. The van der Waals surface area contributed by atoms with Crippen molar-refractivity contribution >= 4 is 11.6 Å². The van der Waals surface area contributed by atoms with Gasteiger partial charge in [0.1, 0.15) is 5.82 Å². The van der Waals surface area contributed by atoms with Crippen LogP contribution in [0.2, 0.25) is 5.02 Å². The Labute approximate surface area is 118 Å². The Hall–Kier alpha value is -1.38. The molecule has 0 amide bonds. The molecule has 19 heavy (non-hydrogen) atoms. The van der Waals surface area contributed by atoms with Crippen LogP contribution in [-0.2, 0) is 12.8 Å². The molecule has 0 heterocycles. The fraction of sp³-hybridized carbons (Fsp3) is 0.250. The molecule has 0 fully saturated rings. The summed E-state index contributed by atoms with van der Waals surface area (Å²) in [5.74, 6) is -0.235. The first-order chi connectivity index (χ1) is 9.19. The van der Waals surface area contributed by atoms with E-state index in [1.54, 1.807) is 12.1 Å². The van der Waals surface area contributed by atoms with E-state index in [2.05, 4.69) is 17.4 Å². The minimum Gasteiger partial charge on any atom is -0.316 e. The van der Waals surface area contributed by atoms with Crippen molar-refractivity contribution in [2.24, 2.45) is 0 Å². The number of nitrogens with one attached hydrogen (secondary N) is 1. The summed E-state index contributed by atoms with van der Waals surface area (Å²) in [5, 5.41) is 3.68. The minimum atomic E-state index is -0.235. The molecule has 3 heteroatoms. The van der Waals surface area contributed by atoms with Gasteiger partial charge in [-0.3, -0.25) is 0 Å². The molecule has 0 spiro atoms. The van der Waals surface area contributed by atoms with Crippen molar-refractivity contribution in [2.75, 3.05) is 7.05 Å². The van der Waals surface area contributed by atoms with Gasteiger partial charge in [0.15, 0.2) is 0 Å². The molecule has 2 rings (SSSR count). The Morgan fingerprint density at radius 3 is 2.47 bits per heavy atom. The van der Waals surface area contributed by atoms with Crippen molar-refractivity contribution in [2.45, 2.75) is 18.9 Å². The van der Waals surface area contributed by atoms with Gasteiger partial charge >= 0.3 is 0 Å². The summed E-state index contributed by atoms with van der Waals surface area (Å²) in [6, 6.07) is 15.3. The van der Waals surface area contributed by atoms with E-state index in [1.807, 2.05) is 25.2 Å². The van der Waals surface area contributed by atoms with E-state index in [0.717, 1.165) is 6.42 Å². The molecule has 1 unspecified atom stereocenters. The summed E-state index contributed by atoms with van der Waals surface area (Å²) in [6.45, 7) is 0. The SMILES string of the molecule is CNC(Cc1ccccc1)Cc1ccc(Cl)cc1F. The number of hydrogen-bond acceptors (Lipinski definition) is 1. The van der Waals surface area contributed by atoms with Crippen molar-refractivity contribution in [1.29, 1.82) is 0 Å². The average molecular weight is 278 g/mol. The number of benzene rings is 2. The average Bonchev–Trinajstić information content (AvgIpc) is 2.42. The van der Waals surface area contributed by atoms with Crippen molar-refractivity contribution in [1.82, 2.24) is 5.32 Å². The summed E-state index contributed by atoms with van der Waals surface area (Å²) >= 11 is 5.76. The van der Waals surface area contributed by atoms with E-state index < -0.39 is 0 Å². The molecule has 0 saturated heterocycles. The van der Waals surface area contributed by atoms with Crippen LogP contribution >= 0.6 is 11.6 Å². The van der Waals surface area contributed by atoms with Gasteiger partial charge in [-0.1, -0.05) is 48.0 Å². The first-order valence-electron chi connectivity index (χ1n) is 6.34. The van der Waals surface area contributed by atoms with Gasteiger partial charge in [-0.05, 0) is 43.1 Å². The van der Waals surface area contributed by atoms with Crippen molar-refractivity contribution in [3.05, 3.63) is 70.5 Å². The number of hydrogen-bond donors (Lipinski definition) is 1. The van der Waals surface area contributed by atoms with E-state index in [4.69, 9.17) is 11.6 Å². The van der Waals surface area contributed by atoms with Crippen LogP contribution in [0, 0.1) is 5.82 Å². The van der Waals surface area contributed by atoms with Crippen LogP contribution in [0.25, 0.3) is 0 Å². The molecule has 0 aromatic heterocycles. The third kappa shape index (κ3) is 4.05. The lowest BCUT2D eigenvalue weighted by Crippen LogP contribution is -2.30. The fourth-order valence-corrected chi connectivity index (χ4v) is 2.29. The second kappa shape index (κ2) is 6.69. The van der Waals surface area contributed by atoms with Crippen LogP contribution in [0.4, 0.5) is 4.39 Å². The molecule has 100 valence electrons. The molecular formula is C16H17ClFN. The molecule has 0 saturated carbocycles. The normalized spacial score (nSPS) is 12.4. The van der Waals surface area contributed by atoms with Gasteiger partial charge in [-0.15, -0.1) is 0 Å². The first kappa shape index (κ1) is 14.0. The van der Waals surface area contributed by atoms with Gasteiger partial charge in [0, 0.05) is 11.1 Å². The molecule has 0 bridgehead atoms. The maximum Gasteiger partial charge on any atom is 0.127 e. The molecule has 2 aromatic rings. The summed E-state index contributed by atoms with van der Waals surface area (Å²) in [5.41, 5.74) is 1.94. The Balaban J connectivity index is 2.06. The van der Waals surface area contributed by atoms with Crippen molar-refractivity contribution in [3.63, 3.8) is 0 Å². The molecule has 1 atom stereocenters. The zero-order chi connectivity index (χ0) is 13.7. The molecule has 2 aromatic carbocycles. The second-order valence-electron chi connectivity index (χ2n) is 4.62. The van der Waals surface area contributed by atoms with E-state index in [-0.39, 0.29) is 11.9 Å². The highest BCUT2D eigenvalue weighted by molar-refractivity contribution is 6.30. The number of halogens is 2. The Morgan fingerprint density at radius 1 is 1.11 bits per heavy atom.